The van der Waals surface area contributed by atoms with Crippen molar-refractivity contribution in [3.05, 3.63) is 70.8 Å². The monoisotopic (exact) mass is 350 g/mol. The Morgan fingerprint density at radius 1 is 1.04 bits per heavy atom. The van der Waals surface area contributed by atoms with E-state index in [1.165, 1.54) is 31.1 Å². The zero-order valence-electron chi connectivity index (χ0n) is 13.7. The minimum Gasteiger partial charge on any atom is -0.355 e. The molecule has 0 saturated carbocycles. The molecule has 0 fully saturated rings. The summed E-state index contributed by atoms with van der Waals surface area (Å²) in [5.41, 5.74) is 0.356. The summed E-state index contributed by atoms with van der Waals surface area (Å²) in [6, 6.07) is 11.0. The molecule has 0 aliphatic carbocycles. The van der Waals surface area contributed by atoms with Crippen LogP contribution in [0.25, 0.3) is 0 Å². The van der Waals surface area contributed by atoms with Crippen LogP contribution in [0.3, 0.4) is 0 Å². The molecule has 0 aromatic heterocycles. The summed E-state index contributed by atoms with van der Waals surface area (Å²) in [5, 5.41) is 2.50. The van der Waals surface area contributed by atoms with Crippen molar-refractivity contribution < 1.29 is 22.8 Å². The van der Waals surface area contributed by atoms with Gasteiger partial charge in [0.05, 0.1) is 5.56 Å². The van der Waals surface area contributed by atoms with Gasteiger partial charge in [-0.3, -0.25) is 9.59 Å². The Morgan fingerprint density at radius 3 is 2.24 bits per heavy atom. The average Bonchev–Trinajstić information content (AvgIpc) is 2.60. The number of halogens is 3. The Balaban J connectivity index is 2.11. The minimum atomic E-state index is -4.50. The molecule has 0 aliphatic heterocycles. The van der Waals surface area contributed by atoms with Crippen LogP contribution in [0.1, 0.15) is 31.8 Å². The predicted octanol–water partition coefficient (Wildman–Crippen LogP) is 3.34. The van der Waals surface area contributed by atoms with E-state index in [0.717, 1.165) is 17.7 Å². The number of nitrogens with one attached hydrogen (secondary N) is 1. The highest BCUT2D eigenvalue weighted by molar-refractivity contribution is 5.94. The first-order chi connectivity index (χ1) is 11.7. The molecule has 0 aliphatic rings. The number of hydrogen-bond acceptors (Lipinski definition) is 2. The molecule has 0 spiro atoms. The second-order valence-electron chi connectivity index (χ2n) is 5.52. The molecule has 2 rings (SSSR count). The SMILES string of the molecule is CNC(=O)c1ccc(CN(C)C(=O)c2cccc(C(F)(F)F)c2)cc1. The number of amides is 2. The van der Waals surface area contributed by atoms with Crippen molar-refractivity contribution in [2.75, 3.05) is 14.1 Å². The number of hydrogen-bond donors (Lipinski definition) is 1. The van der Waals surface area contributed by atoms with Crippen LogP contribution in [0.5, 0.6) is 0 Å². The highest BCUT2D eigenvalue weighted by atomic mass is 19.4. The van der Waals surface area contributed by atoms with E-state index < -0.39 is 17.6 Å². The molecule has 0 unspecified atom stereocenters. The van der Waals surface area contributed by atoms with Crippen molar-refractivity contribution >= 4 is 11.8 Å². The van der Waals surface area contributed by atoms with E-state index in [0.29, 0.717) is 5.56 Å². The second kappa shape index (κ2) is 7.38. The molecule has 4 nitrogen and oxygen atoms in total. The Morgan fingerprint density at radius 2 is 1.68 bits per heavy atom. The van der Waals surface area contributed by atoms with Crippen molar-refractivity contribution in [1.82, 2.24) is 10.2 Å². The maximum absolute atomic E-state index is 12.8. The summed E-state index contributed by atoms with van der Waals surface area (Å²) in [6.45, 7) is 0.211. The summed E-state index contributed by atoms with van der Waals surface area (Å²) in [6.07, 6.45) is -4.50. The molecular weight excluding hydrogens is 333 g/mol. The topological polar surface area (TPSA) is 49.4 Å². The van der Waals surface area contributed by atoms with Gasteiger partial charge in [-0.25, -0.2) is 0 Å². The van der Waals surface area contributed by atoms with Crippen LogP contribution in [0, 0.1) is 0 Å². The lowest BCUT2D eigenvalue weighted by Crippen LogP contribution is -2.26. The Kier molecular flexibility index (Phi) is 5.46. The Hall–Kier alpha value is -2.83. The van der Waals surface area contributed by atoms with E-state index >= 15 is 0 Å². The first-order valence-corrected chi connectivity index (χ1v) is 7.46. The van der Waals surface area contributed by atoms with E-state index in [4.69, 9.17) is 0 Å². The zero-order chi connectivity index (χ0) is 18.6. The van der Waals surface area contributed by atoms with Crippen LogP contribution < -0.4 is 5.32 Å². The summed E-state index contributed by atoms with van der Waals surface area (Å²) >= 11 is 0. The first-order valence-electron chi connectivity index (χ1n) is 7.46. The highest BCUT2D eigenvalue weighted by Crippen LogP contribution is 2.29. The lowest BCUT2D eigenvalue weighted by molar-refractivity contribution is -0.137. The number of nitrogens with zero attached hydrogens (tertiary/aromatic N) is 1. The lowest BCUT2D eigenvalue weighted by Gasteiger charge is -2.18. The molecule has 0 atom stereocenters. The zero-order valence-corrected chi connectivity index (χ0v) is 13.7. The van der Waals surface area contributed by atoms with Crippen LogP contribution in [0.4, 0.5) is 13.2 Å². The standard InChI is InChI=1S/C18H17F3N2O2/c1-22-16(24)13-8-6-12(7-9-13)11-23(2)17(25)14-4-3-5-15(10-14)18(19,20)21/h3-10H,11H2,1-2H3,(H,22,24). The van der Waals surface area contributed by atoms with Gasteiger partial charge in [0.1, 0.15) is 0 Å². The Bertz CT molecular complexity index is 771. The fourth-order valence-electron chi connectivity index (χ4n) is 2.30. The molecule has 2 aromatic carbocycles. The summed E-state index contributed by atoms with van der Waals surface area (Å²) in [5.74, 6) is -0.735. The predicted molar refractivity (Wildman–Crippen MR) is 87.1 cm³/mol. The van der Waals surface area contributed by atoms with E-state index in [1.54, 1.807) is 24.3 Å². The molecule has 2 aromatic rings. The van der Waals surface area contributed by atoms with Gasteiger partial charge in [-0.2, -0.15) is 13.2 Å². The molecule has 7 heteroatoms. The summed E-state index contributed by atoms with van der Waals surface area (Å²) in [7, 11) is 3.03. The third-order valence-corrected chi connectivity index (χ3v) is 3.65. The summed E-state index contributed by atoms with van der Waals surface area (Å²) in [4.78, 5) is 25.2. The highest BCUT2D eigenvalue weighted by Gasteiger charge is 2.31. The first kappa shape index (κ1) is 18.5. The molecule has 1 N–H and O–H groups in total. The molecule has 2 amide bonds. The van der Waals surface area contributed by atoms with Gasteiger partial charge >= 0.3 is 6.18 Å². The molecular formula is C18H17F3N2O2. The van der Waals surface area contributed by atoms with Crippen molar-refractivity contribution in [2.45, 2.75) is 12.7 Å². The van der Waals surface area contributed by atoms with Crippen LogP contribution in [0.2, 0.25) is 0 Å². The van der Waals surface area contributed by atoms with Gasteiger partial charge in [0.2, 0.25) is 0 Å². The normalized spacial score (nSPS) is 11.1. The molecule has 0 bridgehead atoms. The third-order valence-electron chi connectivity index (χ3n) is 3.65. The van der Waals surface area contributed by atoms with Crippen LogP contribution in [-0.4, -0.2) is 30.8 Å². The molecule has 0 saturated heterocycles. The minimum absolute atomic E-state index is 0.0284. The molecule has 0 heterocycles. The second-order valence-corrected chi connectivity index (χ2v) is 5.52. The number of alkyl halides is 3. The maximum atomic E-state index is 12.8. The van der Waals surface area contributed by atoms with E-state index in [2.05, 4.69) is 5.32 Å². The summed E-state index contributed by atoms with van der Waals surface area (Å²) < 4.78 is 38.3. The lowest BCUT2D eigenvalue weighted by atomic mass is 10.1. The van der Waals surface area contributed by atoms with Gasteiger partial charge < -0.3 is 10.2 Å². The molecule has 0 radical (unpaired) electrons. The quantitative estimate of drug-likeness (QED) is 0.919. The number of carbonyl (C=O) groups excluding carboxylic acids is 2. The van der Waals surface area contributed by atoms with Crippen molar-refractivity contribution in [1.29, 1.82) is 0 Å². The van der Waals surface area contributed by atoms with Gasteiger partial charge in [0.25, 0.3) is 11.8 Å². The van der Waals surface area contributed by atoms with E-state index in [-0.39, 0.29) is 18.0 Å². The van der Waals surface area contributed by atoms with Crippen molar-refractivity contribution in [3.63, 3.8) is 0 Å². The van der Waals surface area contributed by atoms with Gasteiger partial charge in [0.15, 0.2) is 0 Å². The third kappa shape index (κ3) is 4.59. The van der Waals surface area contributed by atoms with Gasteiger partial charge in [-0.1, -0.05) is 18.2 Å². The largest absolute Gasteiger partial charge is 0.416 e. The number of carbonyl (C=O) groups is 2. The molecule has 132 valence electrons. The van der Waals surface area contributed by atoms with E-state index in [1.807, 2.05) is 0 Å². The van der Waals surface area contributed by atoms with Gasteiger partial charge in [0, 0.05) is 31.8 Å². The van der Waals surface area contributed by atoms with Crippen molar-refractivity contribution in [3.8, 4) is 0 Å². The van der Waals surface area contributed by atoms with Crippen LogP contribution in [-0.2, 0) is 12.7 Å². The van der Waals surface area contributed by atoms with Gasteiger partial charge in [-0.15, -0.1) is 0 Å². The van der Waals surface area contributed by atoms with Crippen molar-refractivity contribution in [2.24, 2.45) is 0 Å². The fraction of sp³-hybridized carbons (Fsp3) is 0.222. The number of rotatable bonds is 4. The fourth-order valence-corrected chi connectivity index (χ4v) is 2.30. The van der Waals surface area contributed by atoms with Crippen LogP contribution >= 0.6 is 0 Å². The Labute approximate surface area is 143 Å². The average molecular weight is 350 g/mol. The maximum Gasteiger partial charge on any atom is 0.416 e. The van der Waals surface area contributed by atoms with Gasteiger partial charge in [-0.05, 0) is 35.9 Å². The van der Waals surface area contributed by atoms with E-state index in [9.17, 15) is 22.8 Å². The molecule has 25 heavy (non-hydrogen) atoms. The number of benzene rings is 2. The smallest absolute Gasteiger partial charge is 0.355 e. The van der Waals surface area contributed by atoms with Crippen LogP contribution in [0.15, 0.2) is 48.5 Å².